The van der Waals surface area contributed by atoms with Crippen LogP contribution < -0.4 is 10.6 Å². The molecule has 0 radical (unpaired) electrons. The number of nitrogens with zero attached hydrogens (tertiary/aromatic N) is 1. The van der Waals surface area contributed by atoms with Crippen LogP contribution in [0.25, 0.3) is 0 Å². The number of benzene rings is 1. The summed E-state index contributed by atoms with van der Waals surface area (Å²) in [5, 5.41) is 5.21. The van der Waals surface area contributed by atoms with Crippen molar-refractivity contribution in [3.63, 3.8) is 0 Å². The largest absolute Gasteiger partial charge is 0.468 e. The van der Waals surface area contributed by atoms with Crippen LogP contribution in [0.15, 0.2) is 29.2 Å². The zero-order chi connectivity index (χ0) is 19.9. The molecule has 2 N–H and O–H groups in total. The predicted molar refractivity (Wildman–Crippen MR) is 101 cm³/mol. The van der Waals surface area contributed by atoms with E-state index in [0.29, 0.717) is 11.4 Å². The molecule has 11 heteroatoms. The maximum Gasteiger partial charge on any atom is 0.315 e. The lowest BCUT2D eigenvalue weighted by Gasteiger charge is -2.26. The van der Waals surface area contributed by atoms with E-state index in [9.17, 15) is 22.8 Å². The van der Waals surface area contributed by atoms with Gasteiger partial charge in [-0.15, -0.1) is 11.8 Å². The van der Waals surface area contributed by atoms with Gasteiger partial charge in [0, 0.05) is 31.0 Å². The number of amides is 2. The minimum absolute atomic E-state index is 0.00932. The Morgan fingerprint density at radius 1 is 1.37 bits per heavy atom. The first-order valence-electron chi connectivity index (χ1n) is 8.14. The van der Waals surface area contributed by atoms with Gasteiger partial charge in [0.1, 0.15) is 0 Å². The number of esters is 1. The van der Waals surface area contributed by atoms with Crippen molar-refractivity contribution in [3.8, 4) is 0 Å². The number of thioether (sulfide) groups is 1. The highest BCUT2D eigenvalue weighted by Crippen LogP contribution is 2.20. The second kappa shape index (κ2) is 9.72. The molecule has 1 saturated heterocycles. The highest BCUT2D eigenvalue weighted by molar-refractivity contribution is 7.99. The quantitative estimate of drug-likeness (QED) is 0.454. The fraction of sp³-hybridized carbons (Fsp3) is 0.438. The maximum absolute atomic E-state index is 12.7. The van der Waals surface area contributed by atoms with E-state index in [0.717, 1.165) is 4.31 Å². The normalized spacial score (nSPS) is 15.1. The number of anilines is 1. The maximum atomic E-state index is 12.7. The highest BCUT2D eigenvalue weighted by atomic mass is 32.2. The topological polar surface area (TPSA) is 122 Å². The van der Waals surface area contributed by atoms with Crippen molar-refractivity contribution in [2.45, 2.75) is 11.3 Å². The Kier molecular flexibility index (Phi) is 7.63. The summed E-state index contributed by atoms with van der Waals surface area (Å²) in [6, 6.07) is 5.89. The highest BCUT2D eigenvalue weighted by Gasteiger charge is 2.29. The molecule has 27 heavy (non-hydrogen) atoms. The van der Waals surface area contributed by atoms with Gasteiger partial charge in [0.05, 0.1) is 24.3 Å². The van der Waals surface area contributed by atoms with E-state index < -0.39 is 10.0 Å². The van der Waals surface area contributed by atoms with E-state index in [1.54, 1.807) is 6.07 Å². The lowest BCUT2D eigenvalue weighted by Crippen LogP contribution is -2.49. The summed E-state index contributed by atoms with van der Waals surface area (Å²) in [5.74, 6) is -0.398. The SMILES string of the molecule is COC(=O)CSCCC(=O)Nc1cccc(S(=O)(=O)N2CCNC(=O)C2)c1. The lowest BCUT2D eigenvalue weighted by atomic mass is 10.3. The number of sulfonamides is 1. The molecule has 1 heterocycles. The average Bonchev–Trinajstić information content (AvgIpc) is 2.65. The lowest BCUT2D eigenvalue weighted by molar-refractivity contribution is -0.137. The van der Waals surface area contributed by atoms with Gasteiger partial charge in [0.15, 0.2) is 0 Å². The molecule has 0 saturated carbocycles. The van der Waals surface area contributed by atoms with Crippen molar-refractivity contribution in [1.29, 1.82) is 0 Å². The number of carbonyl (C=O) groups excluding carboxylic acids is 3. The first-order valence-corrected chi connectivity index (χ1v) is 10.7. The minimum Gasteiger partial charge on any atom is -0.468 e. The summed E-state index contributed by atoms with van der Waals surface area (Å²) in [6.45, 7) is 0.232. The van der Waals surface area contributed by atoms with Crippen LogP contribution in [0.4, 0.5) is 5.69 Å². The third-order valence-corrected chi connectivity index (χ3v) is 6.45. The Balaban J connectivity index is 1.95. The monoisotopic (exact) mass is 415 g/mol. The van der Waals surface area contributed by atoms with Crippen molar-refractivity contribution in [1.82, 2.24) is 9.62 Å². The molecule has 1 aromatic carbocycles. The molecule has 148 valence electrons. The third kappa shape index (κ3) is 6.22. The summed E-state index contributed by atoms with van der Waals surface area (Å²) in [6.07, 6.45) is 0.172. The van der Waals surface area contributed by atoms with Crippen molar-refractivity contribution in [3.05, 3.63) is 24.3 Å². The molecule has 0 atom stereocenters. The molecule has 0 unspecified atom stereocenters. The fourth-order valence-electron chi connectivity index (χ4n) is 2.31. The molecular weight excluding hydrogens is 394 g/mol. The number of hydrogen-bond acceptors (Lipinski definition) is 7. The fourth-order valence-corrected chi connectivity index (χ4v) is 4.51. The van der Waals surface area contributed by atoms with Gasteiger partial charge in [0.25, 0.3) is 0 Å². The third-order valence-electron chi connectivity index (χ3n) is 3.68. The molecule has 1 aromatic rings. The van der Waals surface area contributed by atoms with Crippen molar-refractivity contribution in [2.75, 3.05) is 43.6 Å². The van der Waals surface area contributed by atoms with E-state index in [4.69, 9.17) is 0 Å². The molecule has 0 aromatic heterocycles. The van der Waals surface area contributed by atoms with Crippen LogP contribution >= 0.6 is 11.8 Å². The Morgan fingerprint density at radius 3 is 2.85 bits per heavy atom. The Bertz CT molecular complexity index is 812. The second-order valence-corrected chi connectivity index (χ2v) is 8.69. The van der Waals surface area contributed by atoms with E-state index in [2.05, 4.69) is 15.4 Å². The Labute approximate surface area is 161 Å². The number of methoxy groups -OCH3 is 1. The van der Waals surface area contributed by atoms with Crippen LogP contribution in [0, 0.1) is 0 Å². The zero-order valence-corrected chi connectivity index (χ0v) is 16.4. The number of ether oxygens (including phenoxy) is 1. The molecule has 1 fully saturated rings. The molecular formula is C16H21N3O6S2. The summed E-state index contributed by atoms with van der Waals surface area (Å²) >= 11 is 1.28. The molecule has 0 spiro atoms. The molecule has 1 aliphatic rings. The summed E-state index contributed by atoms with van der Waals surface area (Å²) in [7, 11) is -2.52. The Morgan fingerprint density at radius 2 is 2.15 bits per heavy atom. The summed E-state index contributed by atoms with van der Waals surface area (Å²) in [5.41, 5.74) is 0.348. The van der Waals surface area contributed by atoms with Gasteiger partial charge in [-0.1, -0.05) is 6.07 Å². The first kappa shape index (κ1) is 21.2. The van der Waals surface area contributed by atoms with Gasteiger partial charge in [0.2, 0.25) is 21.8 Å². The smallest absolute Gasteiger partial charge is 0.315 e. The number of carbonyl (C=O) groups is 3. The van der Waals surface area contributed by atoms with Crippen molar-refractivity contribution in [2.24, 2.45) is 0 Å². The number of nitrogens with one attached hydrogen (secondary N) is 2. The predicted octanol–water partition coefficient (Wildman–Crippen LogP) is 0.0419. The van der Waals surface area contributed by atoms with Crippen LogP contribution in [-0.4, -0.2) is 68.8 Å². The van der Waals surface area contributed by atoms with Crippen LogP contribution in [0.3, 0.4) is 0 Å². The molecule has 0 bridgehead atoms. The minimum atomic E-state index is -3.82. The van der Waals surface area contributed by atoms with Crippen molar-refractivity contribution < 1.29 is 27.5 Å². The first-order chi connectivity index (χ1) is 12.8. The molecule has 1 aliphatic heterocycles. The number of hydrogen-bond donors (Lipinski definition) is 2. The van der Waals surface area contributed by atoms with Gasteiger partial charge in [-0.2, -0.15) is 4.31 Å². The van der Waals surface area contributed by atoms with Gasteiger partial charge < -0.3 is 15.4 Å². The van der Waals surface area contributed by atoms with E-state index >= 15 is 0 Å². The average molecular weight is 415 g/mol. The van der Waals surface area contributed by atoms with E-state index in [1.807, 2.05) is 0 Å². The van der Waals surface area contributed by atoms with E-state index in [1.165, 1.54) is 37.1 Å². The van der Waals surface area contributed by atoms with Gasteiger partial charge in [-0.05, 0) is 18.2 Å². The van der Waals surface area contributed by atoms with Gasteiger partial charge >= 0.3 is 5.97 Å². The Hall–Kier alpha value is -2.11. The van der Waals surface area contributed by atoms with Crippen molar-refractivity contribution >= 4 is 45.3 Å². The van der Waals surface area contributed by atoms with Gasteiger partial charge in [-0.25, -0.2) is 8.42 Å². The molecule has 2 amide bonds. The van der Waals surface area contributed by atoms with Crippen LogP contribution in [0.1, 0.15) is 6.42 Å². The number of piperazine rings is 1. The zero-order valence-electron chi connectivity index (χ0n) is 14.8. The number of rotatable bonds is 8. The van der Waals surface area contributed by atoms with Crippen LogP contribution in [0.5, 0.6) is 0 Å². The van der Waals surface area contributed by atoms with Crippen LogP contribution in [0.2, 0.25) is 0 Å². The molecule has 0 aliphatic carbocycles. The van der Waals surface area contributed by atoms with E-state index in [-0.39, 0.29) is 54.5 Å². The molecule has 9 nitrogen and oxygen atoms in total. The second-order valence-electron chi connectivity index (χ2n) is 5.64. The van der Waals surface area contributed by atoms with Crippen LogP contribution in [-0.2, 0) is 29.1 Å². The summed E-state index contributed by atoms with van der Waals surface area (Å²) in [4.78, 5) is 34.4. The van der Waals surface area contributed by atoms with Gasteiger partial charge in [-0.3, -0.25) is 14.4 Å². The standard InChI is InChI=1S/C16H21N3O6S2/c1-25-16(22)11-26-8-5-14(20)18-12-3-2-4-13(9-12)27(23,24)19-7-6-17-15(21)10-19/h2-4,9H,5-8,10-11H2,1H3,(H,17,21)(H,18,20). The molecule has 2 rings (SSSR count). The summed E-state index contributed by atoms with van der Waals surface area (Å²) < 4.78 is 30.9.